The van der Waals surface area contributed by atoms with Crippen molar-refractivity contribution in [2.75, 3.05) is 13.6 Å². The standard InChI is InChI=1S/C26H28N2O4/c1-27(17-16-21-12-7-11-20-10-5-6-13-22(20)21)25(30)23-14-15-24(29)28(23)26(31)32-18-19-8-3-2-4-9-19/h2-13,23-24,29H,14-18H2,1H3/t23-,24?/m0/s1. The molecule has 1 N–H and O–H groups in total. The van der Waals surface area contributed by atoms with Gasteiger partial charge in [-0.05, 0) is 41.2 Å². The molecule has 1 aliphatic heterocycles. The molecule has 0 radical (unpaired) electrons. The van der Waals surface area contributed by atoms with E-state index in [-0.39, 0.29) is 12.5 Å². The van der Waals surface area contributed by atoms with Crippen molar-refractivity contribution >= 4 is 22.8 Å². The largest absolute Gasteiger partial charge is 0.444 e. The van der Waals surface area contributed by atoms with E-state index in [2.05, 4.69) is 24.3 Å². The van der Waals surface area contributed by atoms with Gasteiger partial charge in [-0.25, -0.2) is 4.79 Å². The van der Waals surface area contributed by atoms with Gasteiger partial charge >= 0.3 is 6.09 Å². The quantitative estimate of drug-likeness (QED) is 0.640. The van der Waals surface area contributed by atoms with Crippen LogP contribution in [0.2, 0.25) is 0 Å². The molecule has 166 valence electrons. The third-order valence-corrected chi connectivity index (χ3v) is 6.03. The first-order chi connectivity index (χ1) is 15.5. The number of hydrogen-bond donors (Lipinski definition) is 1. The van der Waals surface area contributed by atoms with Crippen molar-refractivity contribution < 1.29 is 19.4 Å². The summed E-state index contributed by atoms with van der Waals surface area (Å²) < 4.78 is 5.38. The second kappa shape index (κ2) is 9.83. The molecule has 6 heteroatoms. The Morgan fingerprint density at radius 1 is 1.00 bits per heavy atom. The fraction of sp³-hybridized carbons (Fsp3) is 0.308. The molecule has 2 amide bonds. The zero-order chi connectivity index (χ0) is 22.5. The Kier molecular flexibility index (Phi) is 6.71. The SMILES string of the molecule is CN(CCc1cccc2ccccc12)C(=O)[C@@H]1CCC(O)N1C(=O)OCc1ccccc1. The third-order valence-electron chi connectivity index (χ3n) is 6.03. The van der Waals surface area contributed by atoms with Gasteiger partial charge in [0.25, 0.3) is 0 Å². The number of fused-ring (bicyclic) bond motifs is 1. The Morgan fingerprint density at radius 2 is 1.72 bits per heavy atom. The van der Waals surface area contributed by atoms with Gasteiger partial charge in [-0.3, -0.25) is 9.69 Å². The molecule has 4 rings (SSSR count). The molecule has 1 unspecified atom stereocenters. The van der Waals surface area contributed by atoms with E-state index in [1.54, 1.807) is 11.9 Å². The van der Waals surface area contributed by atoms with E-state index in [9.17, 15) is 14.7 Å². The zero-order valence-corrected chi connectivity index (χ0v) is 18.2. The summed E-state index contributed by atoms with van der Waals surface area (Å²) in [4.78, 5) is 28.6. The van der Waals surface area contributed by atoms with Crippen LogP contribution in [-0.4, -0.2) is 52.8 Å². The summed E-state index contributed by atoms with van der Waals surface area (Å²) in [6.07, 6.45) is -0.206. The van der Waals surface area contributed by atoms with Crippen LogP contribution in [0.15, 0.2) is 72.8 Å². The topological polar surface area (TPSA) is 70.1 Å². The molecule has 6 nitrogen and oxygen atoms in total. The molecule has 2 atom stereocenters. The first-order valence-electron chi connectivity index (χ1n) is 10.9. The van der Waals surface area contributed by atoms with E-state index in [0.29, 0.717) is 25.8 Å². The molecule has 1 aliphatic rings. The zero-order valence-electron chi connectivity index (χ0n) is 18.2. The van der Waals surface area contributed by atoms with Crippen molar-refractivity contribution in [3.8, 4) is 0 Å². The average Bonchev–Trinajstić information content (AvgIpc) is 3.22. The fourth-order valence-corrected chi connectivity index (χ4v) is 4.24. The van der Waals surface area contributed by atoms with Gasteiger partial charge in [0.05, 0.1) is 0 Å². The maximum atomic E-state index is 13.1. The van der Waals surface area contributed by atoms with Gasteiger partial charge in [0, 0.05) is 13.6 Å². The summed E-state index contributed by atoms with van der Waals surface area (Å²) in [6, 6.07) is 23.0. The summed E-state index contributed by atoms with van der Waals surface area (Å²) in [5.41, 5.74) is 2.03. The van der Waals surface area contributed by atoms with E-state index in [1.807, 2.05) is 48.5 Å². The predicted octanol–water partition coefficient (Wildman–Crippen LogP) is 3.96. The minimum atomic E-state index is -1.02. The number of carbonyl (C=O) groups is 2. The molecule has 0 bridgehead atoms. The molecule has 0 spiro atoms. The molecule has 3 aromatic rings. The number of rotatable bonds is 6. The second-order valence-corrected chi connectivity index (χ2v) is 8.17. The van der Waals surface area contributed by atoms with Gasteiger partial charge in [0.2, 0.25) is 5.91 Å². The molecule has 1 heterocycles. The van der Waals surface area contributed by atoms with Crippen LogP contribution in [0.5, 0.6) is 0 Å². The Labute approximate surface area is 188 Å². The van der Waals surface area contributed by atoms with Crippen LogP contribution in [0.4, 0.5) is 4.79 Å². The van der Waals surface area contributed by atoms with Crippen LogP contribution in [-0.2, 0) is 22.6 Å². The second-order valence-electron chi connectivity index (χ2n) is 8.17. The summed E-state index contributed by atoms with van der Waals surface area (Å²) >= 11 is 0. The molecule has 1 saturated heterocycles. The van der Waals surface area contributed by atoms with Crippen molar-refractivity contribution in [3.05, 3.63) is 83.9 Å². The Bertz CT molecular complexity index is 1080. The Balaban J connectivity index is 1.38. The van der Waals surface area contributed by atoms with Crippen molar-refractivity contribution in [2.45, 2.75) is 38.1 Å². The number of benzene rings is 3. The van der Waals surface area contributed by atoms with Crippen molar-refractivity contribution in [2.24, 2.45) is 0 Å². The van der Waals surface area contributed by atoms with E-state index in [0.717, 1.165) is 5.56 Å². The third kappa shape index (κ3) is 4.75. The van der Waals surface area contributed by atoms with Gasteiger partial charge < -0.3 is 14.7 Å². The molecule has 1 fully saturated rings. The number of likely N-dealkylation sites (N-methyl/N-ethyl adjacent to an activating group) is 1. The first-order valence-corrected chi connectivity index (χ1v) is 10.9. The summed E-state index contributed by atoms with van der Waals surface area (Å²) in [5.74, 6) is -0.182. The van der Waals surface area contributed by atoms with E-state index in [1.165, 1.54) is 21.2 Å². The van der Waals surface area contributed by atoms with Crippen molar-refractivity contribution in [1.29, 1.82) is 0 Å². The summed E-state index contributed by atoms with van der Waals surface area (Å²) in [5, 5.41) is 12.7. The fourth-order valence-electron chi connectivity index (χ4n) is 4.24. The maximum absolute atomic E-state index is 13.1. The highest BCUT2D eigenvalue weighted by molar-refractivity contribution is 5.87. The normalized spacial score (nSPS) is 18.0. The maximum Gasteiger partial charge on any atom is 0.412 e. The van der Waals surface area contributed by atoms with Gasteiger partial charge in [-0.2, -0.15) is 0 Å². The average molecular weight is 433 g/mol. The number of aliphatic hydroxyl groups is 1. The molecular weight excluding hydrogens is 404 g/mol. The van der Waals surface area contributed by atoms with Crippen LogP contribution >= 0.6 is 0 Å². The molecule has 0 aromatic heterocycles. The lowest BCUT2D eigenvalue weighted by atomic mass is 10.0. The highest BCUT2D eigenvalue weighted by Crippen LogP contribution is 2.26. The minimum Gasteiger partial charge on any atom is -0.444 e. The summed E-state index contributed by atoms with van der Waals surface area (Å²) in [7, 11) is 1.74. The number of nitrogens with zero attached hydrogens (tertiary/aromatic N) is 2. The molecule has 0 aliphatic carbocycles. The molecular formula is C26H28N2O4. The lowest BCUT2D eigenvalue weighted by Gasteiger charge is -2.29. The molecule has 0 saturated carbocycles. The lowest BCUT2D eigenvalue weighted by molar-refractivity contribution is -0.136. The van der Waals surface area contributed by atoms with Crippen molar-refractivity contribution in [3.63, 3.8) is 0 Å². The Morgan fingerprint density at radius 3 is 2.53 bits per heavy atom. The predicted molar refractivity (Wildman–Crippen MR) is 123 cm³/mol. The lowest BCUT2D eigenvalue weighted by Crippen LogP contribution is -2.49. The van der Waals surface area contributed by atoms with Crippen LogP contribution in [0, 0.1) is 0 Å². The minimum absolute atomic E-state index is 0.0979. The molecule has 3 aromatic carbocycles. The Hall–Kier alpha value is -3.38. The van der Waals surface area contributed by atoms with Gasteiger partial charge in [-0.1, -0.05) is 72.8 Å². The number of amides is 2. The van der Waals surface area contributed by atoms with Crippen LogP contribution in [0.3, 0.4) is 0 Å². The first kappa shape index (κ1) is 21.8. The highest BCUT2D eigenvalue weighted by atomic mass is 16.6. The number of likely N-dealkylation sites (tertiary alicyclic amines) is 1. The van der Waals surface area contributed by atoms with E-state index < -0.39 is 18.4 Å². The van der Waals surface area contributed by atoms with Gasteiger partial charge in [0.1, 0.15) is 18.9 Å². The number of ether oxygens (including phenoxy) is 1. The number of hydrogen-bond acceptors (Lipinski definition) is 4. The van der Waals surface area contributed by atoms with E-state index in [4.69, 9.17) is 4.74 Å². The summed E-state index contributed by atoms with van der Waals surface area (Å²) in [6.45, 7) is 0.618. The highest BCUT2D eigenvalue weighted by Gasteiger charge is 2.42. The van der Waals surface area contributed by atoms with Crippen LogP contribution < -0.4 is 0 Å². The monoisotopic (exact) mass is 432 g/mol. The van der Waals surface area contributed by atoms with Gasteiger partial charge in [0.15, 0.2) is 0 Å². The molecule has 32 heavy (non-hydrogen) atoms. The van der Waals surface area contributed by atoms with Crippen LogP contribution in [0.1, 0.15) is 24.0 Å². The smallest absolute Gasteiger partial charge is 0.412 e. The number of carbonyl (C=O) groups excluding carboxylic acids is 2. The van der Waals surface area contributed by atoms with Crippen molar-refractivity contribution in [1.82, 2.24) is 9.80 Å². The van der Waals surface area contributed by atoms with E-state index >= 15 is 0 Å². The van der Waals surface area contributed by atoms with Gasteiger partial charge in [-0.15, -0.1) is 0 Å². The number of aliphatic hydroxyl groups excluding tert-OH is 1. The van der Waals surface area contributed by atoms with Crippen LogP contribution in [0.25, 0.3) is 10.8 Å².